The lowest BCUT2D eigenvalue weighted by Crippen LogP contribution is -2.23. The molecule has 0 amide bonds. The minimum atomic E-state index is -0.717. The van der Waals surface area contributed by atoms with E-state index in [1.807, 2.05) is 36.4 Å². The molecule has 5 nitrogen and oxygen atoms in total. The summed E-state index contributed by atoms with van der Waals surface area (Å²) in [5.41, 5.74) is 2.48. The van der Waals surface area contributed by atoms with Gasteiger partial charge in [0.1, 0.15) is 0 Å². The van der Waals surface area contributed by atoms with Crippen LogP contribution in [0.2, 0.25) is 6.32 Å². The third-order valence-corrected chi connectivity index (χ3v) is 4.51. The molecule has 0 radical (unpaired) electrons. The molecule has 1 aliphatic heterocycles. The second-order valence-corrected chi connectivity index (χ2v) is 6.65. The molecule has 0 bridgehead atoms. The van der Waals surface area contributed by atoms with E-state index >= 15 is 0 Å². The van der Waals surface area contributed by atoms with Crippen molar-refractivity contribution in [3.05, 3.63) is 42.1 Å². The van der Waals surface area contributed by atoms with Gasteiger partial charge in [0.15, 0.2) is 11.5 Å². The molecule has 2 heterocycles. The first-order chi connectivity index (χ1) is 12.1. The SMILES string of the molecule is CCCOc1cc(-c2cccc([C@]3(C)COB(O)C3)n2)ccc1OC. The molecular weight excluding hydrogens is 317 g/mol. The van der Waals surface area contributed by atoms with Gasteiger partial charge in [0, 0.05) is 23.3 Å². The minimum absolute atomic E-state index is 0.274. The first kappa shape index (κ1) is 17.8. The molecule has 0 saturated carbocycles. The summed E-state index contributed by atoms with van der Waals surface area (Å²) in [5.74, 6) is 1.44. The highest BCUT2D eigenvalue weighted by Crippen LogP contribution is 2.36. The van der Waals surface area contributed by atoms with Crippen LogP contribution >= 0.6 is 0 Å². The van der Waals surface area contributed by atoms with Gasteiger partial charge in [-0.3, -0.25) is 4.98 Å². The topological polar surface area (TPSA) is 60.8 Å². The van der Waals surface area contributed by atoms with E-state index in [-0.39, 0.29) is 5.41 Å². The van der Waals surface area contributed by atoms with Crippen molar-refractivity contribution >= 4 is 7.12 Å². The largest absolute Gasteiger partial charge is 0.493 e. The average molecular weight is 341 g/mol. The lowest BCUT2D eigenvalue weighted by molar-refractivity contribution is 0.260. The van der Waals surface area contributed by atoms with Gasteiger partial charge in [0.05, 0.1) is 19.4 Å². The van der Waals surface area contributed by atoms with E-state index in [1.165, 1.54) is 0 Å². The Morgan fingerprint density at radius 1 is 1.28 bits per heavy atom. The molecule has 132 valence electrons. The molecule has 1 aliphatic rings. The maximum Gasteiger partial charge on any atom is 0.455 e. The Balaban J connectivity index is 1.93. The third kappa shape index (κ3) is 3.80. The zero-order chi connectivity index (χ0) is 17.9. The van der Waals surface area contributed by atoms with Gasteiger partial charge in [0.25, 0.3) is 0 Å². The Hall–Kier alpha value is -2.05. The maximum atomic E-state index is 9.71. The molecule has 25 heavy (non-hydrogen) atoms. The van der Waals surface area contributed by atoms with Crippen LogP contribution in [0.4, 0.5) is 0 Å². The predicted molar refractivity (Wildman–Crippen MR) is 98.1 cm³/mol. The summed E-state index contributed by atoms with van der Waals surface area (Å²) >= 11 is 0. The summed E-state index contributed by atoms with van der Waals surface area (Å²) in [6.45, 7) is 5.25. The van der Waals surface area contributed by atoms with Crippen LogP contribution in [0, 0.1) is 0 Å². The van der Waals surface area contributed by atoms with Gasteiger partial charge in [0.2, 0.25) is 0 Å². The quantitative estimate of drug-likeness (QED) is 0.817. The molecule has 0 unspecified atom stereocenters. The number of aromatic nitrogens is 1. The van der Waals surface area contributed by atoms with Crippen molar-refractivity contribution in [3.8, 4) is 22.8 Å². The van der Waals surface area contributed by atoms with E-state index < -0.39 is 7.12 Å². The number of nitrogens with zero attached hydrogens (tertiary/aromatic N) is 1. The number of rotatable bonds is 6. The zero-order valence-corrected chi connectivity index (χ0v) is 15.0. The van der Waals surface area contributed by atoms with Crippen molar-refractivity contribution in [1.29, 1.82) is 0 Å². The molecule has 1 atom stereocenters. The van der Waals surface area contributed by atoms with Crippen LogP contribution in [0.25, 0.3) is 11.3 Å². The van der Waals surface area contributed by atoms with E-state index in [0.717, 1.165) is 29.1 Å². The number of methoxy groups -OCH3 is 1. The minimum Gasteiger partial charge on any atom is -0.493 e. The van der Waals surface area contributed by atoms with Crippen LogP contribution in [-0.4, -0.2) is 37.4 Å². The van der Waals surface area contributed by atoms with Crippen LogP contribution in [0.1, 0.15) is 26.0 Å². The highest BCUT2D eigenvalue weighted by Gasteiger charge is 2.41. The highest BCUT2D eigenvalue weighted by atomic mass is 16.5. The molecule has 3 rings (SSSR count). The van der Waals surface area contributed by atoms with E-state index in [1.54, 1.807) is 7.11 Å². The van der Waals surface area contributed by atoms with E-state index in [2.05, 4.69) is 13.8 Å². The van der Waals surface area contributed by atoms with Crippen LogP contribution in [0.15, 0.2) is 36.4 Å². The van der Waals surface area contributed by atoms with Gasteiger partial charge in [-0.1, -0.05) is 19.9 Å². The van der Waals surface area contributed by atoms with E-state index in [9.17, 15) is 5.02 Å². The van der Waals surface area contributed by atoms with Crippen LogP contribution in [0.3, 0.4) is 0 Å². The number of pyridine rings is 1. The molecule has 0 spiro atoms. The lowest BCUT2D eigenvalue weighted by atomic mass is 9.72. The van der Waals surface area contributed by atoms with Crippen molar-refractivity contribution in [3.63, 3.8) is 0 Å². The summed E-state index contributed by atoms with van der Waals surface area (Å²) in [6.07, 6.45) is 1.48. The Morgan fingerprint density at radius 2 is 2.12 bits per heavy atom. The maximum absolute atomic E-state index is 9.71. The Kier molecular flexibility index (Phi) is 5.30. The number of ether oxygens (including phenoxy) is 2. The fraction of sp³-hybridized carbons (Fsp3) is 0.421. The number of hydrogen-bond donors (Lipinski definition) is 1. The summed E-state index contributed by atoms with van der Waals surface area (Å²) in [5, 5.41) is 9.71. The van der Waals surface area contributed by atoms with Gasteiger partial charge < -0.3 is 19.2 Å². The molecule has 1 saturated heterocycles. The smallest absolute Gasteiger partial charge is 0.455 e. The number of hydrogen-bond acceptors (Lipinski definition) is 5. The Bertz CT molecular complexity index is 739. The fourth-order valence-corrected chi connectivity index (χ4v) is 3.05. The number of benzene rings is 1. The molecule has 1 aromatic carbocycles. The molecule has 1 N–H and O–H groups in total. The van der Waals surface area contributed by atoms with E-state index in [4.69, 9.17) is 19.1 Å². The van der Waals surface area contributed by atoms with Crippen molar-refractivity contribution < 1.29 is 19.2 Å². The van der Waals surface area contributed by atoms with Gasteiger partial charge >= 0.3 is 7.12 Å². The van der Waals surface area contributed by atoms with Crippen LogP contribution < -0.4 is 9.47 Å². The van der Waals surface area contributed by atoms with Gasteiger partial charge in [-0.15, -0.1) is 0 Å². The molecule has 6 heteroatoms. The molecule has 0 aliphatic carbocycles. The molecule has 1 aromatic heterocycles. The van der Waals surface area contributed by atoms with Crippen LogP contribution in [0.5, 0.6) is 11.5 Å². The van der Waals surface area contributed by atoms with Gasteiger partial charge in [-0.05, 0) is 43.1 Å². The predicted octanol–water partition coefficient (Wildman–Crippen LogP) is 3.31. The standard InChI is InChI=1S/C19H24BNO4/c1-4-10-24-17-11-14(8-9-16(17)23-3)15-6-5-7-18(21-15)19(2)12-20(22)25-13-19/h5-9,11,22H,4,10,12-13H2,1-3H3/t19-/m0/s1. The molecule has 1 fully saturated rings. The fourth-order valence-electron chi connectivity index (χ4n) is 3.05. The molecule has 2 aromatic rings. The van der Waals surface area contributed by atoms with Gasteiger partial charge in [-0.2, -0.15) is 0 Å². The highest BCUT2D eigenvalue weighted by molar-refractivity contribution is 6.44. The third-order valence-electron chi connectivity index (χ3n) is 4.51. The first-order valence-corrected chi connectivity index (χ1v) is 8.64. The van der Waals surface area contributed by atoms with E-state index in [0.29, 0.717) is 25.3 Å². The van der Waals surface area contributed by atoms with Crippen molar-refractivity contribution in [1.82, 2.24) is 4.98 Å². The molecular formula is C19H24BNO4. The second kappa shape index (κ2) is 7.46. The first-order valence-electron chi connectivity index (χ1n) is 8.64. The second-order valence-electron chi connectivity index (χ2n) is 6.65. The van der Waals surface area contributed by atoms with Crippen molar-refractivity contribution in [2.24, 2.45) is 0 Å². The lowest BCUT2D eigenvalue weighted by Gasteiger charge is -2.22. The summed E-state index contributed by atoms with van der Waals surface area (Å²) in [4.78, 5) is 4.82. The van der Waals surface area contributed by atoms with Crippen LogP contribution in [-0.2, 0) is 10.1 Å². The Morgan fingerprint density at radius 3 is 2.80 bits per heavy atom. The summed E-state index contributed by atoms with van der Waals surface area (Å²) in [6, 6.07) is 11.8. The zero-order valence-electron chi connectivity index (χ0n) is 15.0. The monoisotopic (exact) mass is 341 g/mol. The van der Waals surface area contributed by atoms with Gasteiger partial charge in [-0.25, -0.2) is 0 Å². The summed E-state index contributed by atoms with van der Waals surface area (Å²) < 4.78 is 16.5. The van der Waals surface area contributed by atoms with Crippen molar-refractivity contribution in [2.45, 2.75) is 32.0 Å². The summed E-state index contributed by atoms with van der Waals surface area (Å²) in [7, 11) is 0.921. The average Bonchev–Trinajstić information content (AvgIpc) is 3.00. The normalized spacial score (nSPS) is 19.9. The van der Waals surface area contributed by atoms with Crippen molar-refractivity contribution in [2.75, 3.05) is 20.3 Å². The Labute approximate surface area is 149 Å².